The maximum Gasteiger partial charge on any atom is 0.137 e. The van der Waals surface area contributed by atoms with Gasteiger partial charge in [0.25, 0.3) is 0 Å². The predicted molar refractivity (Wildman–Crippen MR) is 79.4 cm³/mol. The van der Waals surface area contributed by atoms with Crippen LogP contribution in [0.3, 0.4) is 0 Å². The summed E-state index contributed by atoms with van der Waals surface area (Å²) >= 11 is 3.24. The van der Waals surface area contributed by atoms with Crippen molar-refractivity contribution in [1.29, 1.82) is 0 Å². The average molecular weight is 316 g/mol. The molecule has 18 heavy (non-hydrogen) atoms. The molecular weight excluding hydrogens is 293 g/mol. The quantitative estimate of drug-likeness (QED) is 0.769. The Morgan fingerprint density at radius 1 is 1.33 bits per heavy atom. The third-order valence-electron chi connectivity index (χ3n) is 2.94. The molecule has 3 heteroatoms. The Labute approximate surface area is 118 Å². The van der Waals surface area contributed by atoms with Gasteiger partial charge in [-0.3, -0.25) is 0 Å². The van der Waals surface area contributed by atoms with Crippen molar-refractivity contribution in [2.45, 2.75) is 58.5 Å². The molecule has 0 spiro atoms. The lowest BCUT2D eigenvalue weighted by Crippen LogP contribution is -2.36. The van der Waals surface area contributed by atoms with Crippen LogP contribution in [-0.4, -0.2) is 12.1 Å². The summed E-state index contributed by atoms with van der Waals surface area (Å²) in [5, 5.41) is 3.59. The van der Waals surface area contributed by atoms with Crippen LogP contribution < -0.4 is 5.32 Å². The molecule has 1 unspecified atom stereocenters. The van der Waals surface area contributed by atoms with E-state index in [1.54, 1.807) is 0 Å². The van der Waals surface area contributed by atoms with Crippen molar-refractivity contribution in [1.82, 2.24) is 5.32 Å². The van der Waals surface area contributed by atoms with E-state index in [-0.39, 0.29) is 5.82 Å². The van der Waals surface area contributed by atoms with Gasteiger partial charge < -0.3 is 5.32 Å². The number of unbranched alkanes of at least 4 members (excludes halogenated alkanes) is 1. The van der Waals surface area contributed by atoms with Gasteiger partial charge >= 0.3 is 0 Å². The Bertz CT molecular complexity index is 366. The fourth-order valence-corrected chi connectivity index (χ4v) is 2.54. The lowest BCUT2D eigenvalue weighted by molar-refractivity contribution is 0.424. The zero-order valence-electron chi connectivity index (χ0n) is 11.5. The highest BCUT2D eigenvalue weighted by molar-refractivity contribution is 9.10. The van der Waals surface area contributed by atoms with Crippen LogP contribution in [0.4, 0.5) is 4.39 Å². The molecular formula is C15H23BrFN. The normalized spacial score (nSPS) is 13.0. The number of hydrogen-bond acceptors (Lipinski definition) is 1. The highest BCUT2D eigenvalue weighted by atomic mass is 79.9. The van der Waals surface area contributed by atoms with Crippen molar-refractivity contribution in [2.24, 2.45) is 0 Å². The number of rotatable bonds is 7. The van der Waals surface area contributed by atoms with Gasteiger partial charge in [-0.15, -0.1) is 0 Å². The lowest BCUT2D eigenvalue weighted by Gasteiger charge is -2.21. The van der Waals surface area contributed by atoms with Crippen LogP contribution >= 0.6 is 15.9 Å². The van der Waals surface area contributed by atoms with E-state index < -0.39 is 0 Å². The molecule has 1 aromatic rings. The number of halogens is 2. The highest BCUT2D eigenvalue weighted by Crippen LogP contribution is 2.19. The van der Waals surface area contributed by atoms with Gasteiger partial charge in [-0.25, -0.2) is 4.39 Å². The molecule has 0 aliphatic carbocycles. The van der Waals surface area contributed by atoms with Crippen LogP contribution in [0.1, 0.15) is 45.6 Å². The third-order valence-corrected chi connectivity index (χ3v) is 3.55. The van der Waals surface area contributed by atoms with Gasteiger partial charge in [-0.05, 0) is 46.5 Å². The zero-order chi connectivity index (χ0) is 13.5. The monoisotopic (exact) mass is 315 g/mol. The molecule has 0 heterocycles. The third kappa shape index (κ3) is 5.49. The Morgan fingerprint density at radius 3 is 2.61 bits per heavy atom. The Kier molecular flexibility index (Phi) is 6.87. The molecule has 0 aliphatic rings. The minimum Gasteiger partial charge on any atom is -0.311 e. The average Bonchev–Trinajstić information content (AvgIpc) is 2.30. The summed E-state index contributed by atoms with van der Waals surface area (Å²) in [6.45, 7) is 6.54. The first-order chi connectivity index (χ1) is 8.52. The molecule has 0 aromatic heterocycles. The largest absolute Gasteiger partial charge is 0.311 e. The van der Waals surface area contributed by atoms with Crippen LogP contribution in [0.25, 0.3) is 0 Å². The molecule has 0 saturated heterocycles. The molecule has 1 aromatic carbocycles. The molecule has 0 aliphatic heterocycles. The summed E-state index contributed by atoms with van der Waals surface area (Å²) in [7, 11) is 0. The number of benzene rings is 1. The van der Waals surface area contributed by atoms with E-state index in [0.29, 0.717) is 16.6 Å². The summed E-state index contributed by atoms with van der Waals surface area (Å²) in [6, 6.07) is 6.25. The molecule has 0 amide bonds. The number of nitrogens with one attached hydrogen (secondary N) is 1. The summed E-state index contributed by atoms with van der Waals surface area (Å²) in [6.07, 6.45) is 4.57. The fraction of sp³-hybridized carbons (Fsp3) is 0.600. The van der Waals surface area contributed by atoms with Gasteiger partial charge in [-0.1, -0.05) is 39.7 Å². The second kappa shape index (κ2) is 7.90. The van der Waals surface area contributed by atoms with Gasteiger partial charge in [0.05, 0.1) is 4.47 Å². The van der Waals surface area contributed by atoms with E-state index in [1.165, 1.54) is 30.9 Å². The fourth-order valence-electron chi connectivity index (χ4n) is 2.12. The van der Waals surface area contributed by atoms with E-state index in [4.69, 9.17) is 0 Å². The van der Waals surface area contributed by atoms with E-state index in [1.807, 2.05) is 12.1 Å². The molecule has 1 nitrogen and oxygen atoms in total. The first-order valence-electron chi connectivity index (χ1n) is 6.73. The SMILES string of the molecule is CCCCC(Cc1ccc(F)c(Br)c1)NC(C)C. The molecule has 0 radical (unpaired) electrons. The molecule has 1 atom stereocenters. The molecule has 102 valence electrons. The van der Waals surface area contributed by atoms with E-state index >= 15 is 0 Å². The summed E-state index contributed by atoms with van der Waals surface area (Å²) in [5.41, 5.74) is 1.18. The molecule has 0 saturated carbocycles. The van der Waals surface area contributed by atoms with Crippen LogP contribution in [0.2, 0.25) is 0 Å². The standard InChI is InChI=1S/C15H23BrFN/c1-4-5-6-13(18-11(2)3)9-12-7-8-15(17)14(16)10-12/h7-8,10-11,13,18H,4-6,9H2,1-3H3. The maximum absolute atomic E-state index is 13.2. The van der Waals surface area contributed by atoms with Crippen molar-refractivity contribution in [3.63, 3.8) is 0 Å². The Morgan fingerprint density at radius 2 is 2.06 bits per heavy atom. The number of hydrogen-bond donors (Lipinski definition) is 1. The van der Waals surface area contributed by atoms with E-state index in [9.17, 15) is 4.39 Å². The molecule has 1 N–H and O–H groups in total. The van der Waals surface area contributed by atoms with Crippen LogP contribution in [0, 0.1) is 5.82 Å². The van der Waals surface area contributed by atoms with E-state index in [2.05, 4.69) is 42.0 Å². The zero-order valence-corrected chi connectivity index (χ0v) is 13.1. The van der Waals surface area contributed by atoms with Crippen molar-refractivity contribution >= 4 is 15.9 Å². The second-order valence-corrected chi connectivity index (χ2v) is 5.97. The van der Waals surface area contributed by atoms with Crippen LogP contribution in [0.5, 0.6) is 0 Å². The predicted octanol–water partition coefficient (Wildman–Crippen LogP) is 4.69. The van der Waals surface area contributed by atoms with Crippen molar-refractivity contribution < 1.29 is 4.39 Å². The van der Waals surface area contributed by atoms with Gasteiger partial charge in [0.15, 0.2) is 0 Å². The maximum atomic E-state index is 13.2. The Balaban J connectivity index is 2.65. The minimum atomic E-state index is -0.194. The molecule has 1 rings (SSSR count). The Hall–Kier alpha value is -0.410. The van der Waals surface area contributed by atoms with Crippen LogP contribution in [0.15, 0.2) is 22.7 Å². The van der Waals surface area contributed by atoms with Gasteiger partial charge in [-0.2, -0.15) is 0 Å². The van der Waals surface area contributed by atoms with E-state index in [0.717, 1.165) is 6.42 Å². The van der Waals surface area contributed by atoms with Gasteiger partial charge in [0, 0.05) is 12.1 Å². The topological polar surface area (TPSA) is 12.0 Å². The summed E-state index contributed by atoms with van der Waals surface area (Å²) in [5.74, 6) is -0.194. The summed E-state index contributed by atoms with van der Waals surface area (Å²) in [4.78, 5) is 0. The van der Waals surface area contributed by atoms with Gasteiger partial charge in [0.1, 0.15) is 5.82 Å². The molecule has 0 fully saturated rings. The van der Waals surface area contributed by atoms with Crippen molar-refractivity contribution in [2.75, 3.05) is 0 Å². The first kappa shape index (κ1) is 15.6. The highest BCUT2D eigenvalue weighted by Gasteiger charge is 2.11. The van der Waals surface area contributed by atoms with Gasteiger partial charge in [0.2, 0.25) is 0 Å². The molecule has 0 bridgehead atoms. The first-order valence-corrected chi connectivity index (χ1v) is 7.52. The summed E-state index contributed by atoms with van der Waals surface area (Å²) < 4.78 is 13.7. The van der Waals surface area contributed by atoms with Crippen molar-refractivity contribution in [3.8, 4) is 0 Å². The lowest BCUT2D eigenvalue weighted by atomic mass is 10.0. The second-order valence-electron chi connectivity index (χ2n) is 5.11. The smallest absolute Gasteiger partial charge is 0.137 e. The van der Waals surface area contributed by atoms with Crippen molar-refractivity contribution in [3.05, 3.63) is 34.1 Å². The minimum absolute atomic E-state index is 0.194. The van der Waals surface area contributed by atoms with Crippen LogP contribution in [-0.2, 0) is 6.42 Å².